The zero-order chi connectivity index (χ0) is 17.3. The molecule has 7 nitrogen and oxygen atoms in total. The molecule has 2 heterocycles. The Hall–Kier alpha value is -3.09. The van der Waals surface area contributed by atoms with E-state index in [0.717, 1.165) is 36.7 Å². The molecule has 0 fully saturated rings. The van der Waals surface area contributed by atoms with E-state index in [0.29, 0.717) is 12.4 Å². The molecule has 2 N–H and O–H groups in total. The van der Waals surface area contributed by atoms with E-state index in [2.05, 4.69) is 25.7 Å². The lowest BCUT2D eigenvalue weighted by Crippen LogP contribution is -2.37. The summed E-state index contributed by atoms with van der Waals surface area (Å²) in [5, 5.41) is 10.7. The van der Waals surface area contributed by atoms with Gasteiger partial charge in [0.15, 0.2) is 5.96 Å². The molecule has 0 spiro atoms. The van der Waals surface area contributed by atoms with Gasteiger partial charge in [0.1, 0.15) is 6.26 Å². The number of aromatic nitrogens is 3. The van der Waals surface area contributed by atoms with E-state index in [1.165, 1.54) is 0 Å². The number of benzene rings is 1. The van der Waals surface area contributed by atoms with Crippen molar-refractivity contribution in [3.63, 3.8) is 0 Å². The monoisotopic (exact) mass is 338 g/mol. The van der Waals surface area contributed by atoms with E-state index in [4.69, 9.17) is 4.42 Å². The van der Waals surface area contributed by atoms with Gasteiger partial charge in [0.2, 0.25) is 5.89 Å². The molecule has 3 rings (SSSR count). The van der Waals surface area contributed by atoms with Crippen LogP contribution in [0.1, 0.15) is 12.1 Å². The van der Waals surface area contributed by atoms with Crippen molar-refractivity contribution in [2.24, 2.45) is 4.99 Å². The molecule has 0 amide bonds. The van der Waals surface area contributed by atoms with Crippen LogP contribution >= 0.6 is 0 Å². The van der Waals surface area contributed by atoms with Gasteiger partial charge < -0.3 is 15.1 Å². The van der Waals surface area contributed by atoms with Crippen LogP contribution < -0.4 is 10.6 Å². The van der Waals surface area contributed by atoms with Gasteiger partial charge >= 0.3 is 0 Å². The van der Waals surface area contributed by atoms with Crippen molar-refractivity contribution in [1.29, 1.82) is 0 Å². The Balaban J connectivity index is 1.43. The van der Waals surface area contributed by atoms with Gasteiger partial charge in [-0.15, -0.1) is 0 Å². The molecule has 0 saturated heterocycles. The quantitative estimate of drug-likeness (QED) is 0.392. The van der Waals surface area contributed by atoms with E-state index in [1.54, 1.807) is 19.5 Å². The Morgan fingerprint density at radius 1 is 1.20 bits per heavy atom. The third kappa shape index (κ3) is 4.94. The molecule has 0 bridgehead atoms. The summed E-state index contributed by atoms with van der Waals surface area (Å²) in [5.74, 6) is 1.37. The molecule has 2 aromatic heterocycles. The van der Waals surface area contributed by atoms with E-state index in [-0.39, 0.29) is 0 Å². The van der Waals surface area contributed by atoms with Crippen molar-refractivity contribution in [3.8, 4) is 11.5 Å². The first-order chi connectivity index (χ1) is 12.3. The molecule has 0 saturated carbocycles. The SMILES string of the molecule is CN=C(NCCCn1cccn1)NCc1coc(-c2ccccc2)n1. The minimum Gasteiger partial charge on any atom is -0.444 e. The molecule has 0 radical (unpaired) electrons. The average molecular weight is 338 g/mol. The van der Waals surface area contributed by atoms with Gasteiger partial charge in [-0.05, 0) is 24.6 Å². The highest BCUT2D eigenvalue weighted by Gasteiger charge is 2.06. The first kappa shape index (κ1) is 16.8. The van der Waals surface area contributed by atoms with Gasteiger partial charge in [-0.3, -0.25) is 9.67 Å². The molecule has 0 aliphatic heterocycles. The lowest BCUT2D eigenvalue weighted by atomic mass is 10.2. The number of aliphatic imine (C=N–C) groups is 1. The van der Waals surface area contributed by atoms with Crippen LogP contribution in [0.25, 0.3) is 11.5 Å². The van der Waals surface area contributed by atoms with E-state index >= 15 is 0 Å². The normalized spacial score (nSPS) is 11.5. The number of guanidine groups is 1. The topological polar surface area (TPSA) is 80.3 Å². The van der Waals surface area contributed by atoms with Crippen LogP contribution in [-0.2, 0) is 13.1 Å². The maximum Gasteiger partial charge on any atom is 0.226 e. The van der Waals surface area contributed by atoms with Gasteiger partial charge in [0.25, 0.3) is 0 Å². The van der Waals surface area contributed by atoms with E-state index < -0.39 is 0 Å². The standard InChI is InChI=1S/C18H22N6O/c1-19-18(20-9-5-11-24-12-6-10-22-24)21-13-16-14-25-17(23-16)15-7-3-2-4-8-15/h2-4,6-8,10,12,14H,5,9,11,13H2,1H3,(H2,19,20,21). The second-order valence-electron chi connectivity index (χ2n) is 5.49. The predicted octanol–water partition coefficient (Wildman–Crippen LogP) is 2.29. The van der Waals surface area contributed by atoms with Gasteiger partial charge in [-0.1, -0.05) is 18.2 Å². The van der Waals surface area contributed by atoms with Crippen LogP contribution in [0.5, 0.6) is 0 Å². The Morgan fingerprint density at radius 3 is 2.84 bits per heavy atom. The number of rotatable bonds is 7. The van der Waals surface area contributed by atoms with Crippen molar-refractivity contribution < 1.29 is 4.42 Å². The number of hydrogen-bond acceptors (Lipinski definition) is 4. The minimum absolute atomic E-state index is 0.551. The summed E-state index contributed by atoms with van der Waals surface area (Å²) in [5.41, 5.74) is 1.80. The van der Waals surface area contributed by atoms with Crippen LogP contribution in [0.3, 0.4) is 0 Å². The van der Waals surface area contributed by atoms with Crippen LogP contribution in [0, 0.1) is 0 Å². The maximum atomic E-state index is 5.54. The molecule has 1 aromatic carbocycles. The molecule has 0 unspecified atom stereocenters. The van der Waals surface area contributed by atoms with Crippen LogP contribution in [-0.4, -0.2) is 34.3 Å². The van der Waals surface area contributed by atoms with Gasteiger partial charge in [0.05, 0.1) is 12.2 Å². The largest absolute Gasteiger partial charge is 0.444 e. The lowest BCUT2D eigenvalue weighted by Gasteiger charge is -2.10. The number of oxazole rings is 1. The van der Waals surface area contributed by atoms with Crippen molar-refractivity contribution in [2.45, 2.75) is 19.5 Å². The van der Waals surface area contributed by atoms with E-state index in [1.807, 2.05) is 47.3 Å². The highest BCUT2D eigenvalue weighted by atomic mass is 16.3. The third-order valence-corrected chi connectivity index (χ3v) is 3.65. The Labute approximate surface area is 146 Å². The fourth-order valence-electron chi connectivity index (χ4n) is 2.38. The highest BCUT2D eigenvalue weighted by molar-refractivity contribution is 5.79. The molecule has 0 aliphatic carbocycles. The predicted molar refractivity (Wildman–Crippen MR) is 97.0 cm³/mol. The van der Waals surface area contributed by atoms with Crippen LogP contribution in [0.15, 0.2) is 64.5 Å². The van der Waals surface area contributed by atoms with Crippen LogP contribution in [0.2, 0.25) is 0 Å². The zero-order valence-electron chi connectivity index (χ0n) is 14.2. The Morgan fingerprint density at radius 2 is 2.08 bits per heavy atom. The second kappa shape index (κ2) is 8.68. The fraction of sp³-hybridized carbons (Fsp3) is 0.278. The Bertz CT molecular complexity index is 779. The van der Waals surface area contributed by atoms with Gasteiger partial charge in [-0.25, -0.2) is 4.98 Å². The summed E-state index contributed by atoms with van der Waals surface area (Å²) in [6.07, 6.45) is 6.38. The van der Waals surface area contributed by atoms with Crippen molar-refractivity contribution >= 4 is 5.96 Å². The fourth-order valence-corrected chi connectivity index (χ4v) is 2.38. The number of nitrogens with zero attached hydrogens (tertiary/aromatic N) is 4. The maximum absolute atomic E-state index is 5.54. The van der Waals surface area contributed by atoms with Crippen molar-refractivity contribution in [3.05, 3.63) is 60.7 Å². The second-order valence-corrected chi connectivity index (χ2v) is 5.49. The molecular formula is C18H22N6O. The minimum atomic E-state index is 0.551. The highest BCUT2D eigenvalue weighted by Crippen LogP contribution is 2.17. The number of hydrogen-bond donors (Lipinski definition) is 2. The summed E-state index contributed by atoms with van der Waals surface area (Å²) in [7, 11) is 1.75. The molecule has 0 aliphatic rings. The van der Waals surface area contributed by atoms with Crippen molar-refractivity contribution in [2.75, 3.05) is 13.6 Å². The first-order valence-electron chi connectivity index (χ1n) is 8.27. The van der Waals surface area contributed by atoms with Crippen molar-refractivity contribution in [1.82, 2.24) is 25.4 Å². The zero-order valence-corrected chi connectivity index (χ0v) is 14.2. The molecule has 3 aromatic rings. The Kier molecular flexibility index (Phi) is 5.82. The third-order valence-electron chi connectivity index (χ3n) is 3.65. The molecule has 0 atom stereocenters. The number of nitrogens with one attached hydrogen (secondary N) is 2. The summed E-state index contributed by atoms with van der Waals surface area (Å²) in [6.45, 7) is 2.24. The molecular weight excluding hydrogens is 316 g/mol. The molecule has 130 valence electrons. The van der Waals surface area contributed by atoms with E-state index in [9.17, 15) is 0 Å². The van der Waals surface area contributed by atoms with Gasteiger partial charge in [0, 0.05) is 38.1 Å². The lowest BCUT2D eigenvalue weighted by molar-refractivity contribution is 0.568. The smallest absolute Gasteiger partial charge is 0.226 e. The summed E-state index contributed by atoms with van der Waals surface area (Å²) >= 11 is 0. The average Bonchev–Trinajstić information content (AvgIpc) is 3.34. The first-order valence-corrected chi connectivity index (χ1v) is 8.27. The summed E-state index contributed by atoms with van der Waals surface area (Å²) < 4.78 is 7.45. The molecule has 7 heteroatoms. The van der Waals surface area contributed by atoms with Crippen LogP contribution in [0.4, 0.5) is 0 Å². The summed E-state index contributed by atoms with van der Waals surface area (Å²) in [6, 6.07) is 11.8. The summed E-state index contributed by atoms with van der Waals surface area (Å²) in [4.78, 5) is 8.71. The van der Waals surface area contributed by atoms with Gasteiger partial charge in [-0.2, -0.15) is 5.10 Å². The molecule has 25 heavy (non-hydrogen) atoms. The number of aryl methyl sites for hydroxylation is 1.